The molecule has 0 unspecified atom stereocenters. The number of fused-ring (bicyclic) bond motifs is 1. The van der Waals surface area contributed by atoms with Crippen LogP contribution in [0.4, 0.5) is 0 Å². The van der Waals surface area contributed by atoms with Crippen LogP contribution in [0.15, 0.2) is 24.3 Å². The molecule has 0 atom stereocenters. The number of rotatable bonds is 0. The predicted octanol–water partition coefficient (Wildman–Crippen LogP) is 1.13. The smallest absolute Gasteiger partial charge is 0.139 e. The number of hydrogen-bond donors (Lipinski definition) is 1. The summed E-state index contributed by atoms with van der Waals surface area (Å²) < 4.78 is 5.31. The fourth-order valence-corrected chi connectivity index (χ4v) is 1.11. The molecule has 1 heterocycles. The van der Waals surface area contributed by atoms with Crippen molar-refractivity contribution < 1.29 is 4.74 Å². The van der Waals surface area contributed by atoms with Gasteiger partial charge in [-0.15, -0.1) is 0 Å². The minimum Gasteiger partial charge on any atom is -0.478 e. The summed E-state index contributed by atoms with van der Waals surface area (Å²) >= 11 is 0. The molecule has 2 nitrogen and oxygen atoms in total. The average Bonchev–Trinajstić information content (AvgIpc) is 2.05. The molecule has 1 aromatic rings. The summed E-state index contributed by atoms with van der Waals surface area (Å²) in [7, 11) is 0. The minimum absolute atomic E-state index is 0.636. The first-order valence-corrected chi connectivity index (χ1v) is 3.38. The van der Waals surface area contributed by atoms with Gasteiger partial charge in [-0.2, -0.15) is 0 Å². The molecule has 10 heavy (non-hydrogen) atoms. The van der Waals surface area contributed by atoms with Gasteiger partial charge in [-0.05, 0) is 6.07 Å². The van der Waals surface area contributed by atoms with Crippen molar-refractivity contribution in [3.05, 3.63) is 29.8 Å². The molecule has 0 saturated carbocycles. The fourth-order valence-electron chi connectivity index (χ4n) is 1.11. The monoisotopic (exact) mass is 135 g/mol. The van der Waals surface area contributed by atoms with Gasteiger partial charge >= 0.3 is 0 Å². The molecule has 0 aliphatic carbocycles. The highest BCUT2D eigenvalue weighted by Crippen LogP contribution is 2.19. The lowest BCUT2D eigenvalue weighted by molar-refractivity contribution is 0.257. The molecule has 52 valence electrons. The van der Waals surface area contributed by atoms with E-state index in [1.54, 1.807) is 0 Å². The Morgan fingerprint density at radius 2 is 2.20 bits per heavy atom. The zero-order valence-corrected chi connectivity index (χ0v) is 5.63. The van der Waals surface area contributed by atoms with E-state index >= 15 is 0 Å². The van der Waals surface area contributed by atoms with Crippen molar-refractivity contribution in [1.82, 2.24) is 5.32 Å². The molecule has 2 heteroatoms. The molecule has 0 saturated heterocycles. The molecule has 0 bridgehead atoms. The maximum Gasteiger partial charge on any atom is 0.139 e. The van der Waals surface area contributed by atoms with Crippen LogP contribution in [0.5, 0.6) is 5.75 Å². The van der Waals surface area contributed by atoms with E-state index in [-0.39, 0.29) is 0 Å². The van der Waals surface area contributed by atoms with E-state index in [1.165, 1.54) is 5.56 Å². The minimum atomic E-state index is 0.636. The number of para-hydroxylation sites is 1. The maximum absolute atomic E-state index is 5.31. The molecular weight excluding hydrogens is 126 g/mol. The van der Waals surface area contributed by atoms with E-state index in [9.17, 15) is 0 Å². The zero-order valence-electron chi connectivity index (χ0n) is 5.63. The molecule has 2 rings (SSSR count). The molecule has 1 aliphatic rings. The fraction of sp³-hybridized carbons (Fsp3) is 0.250. The molecule has 0 amide bonds. The number of benzene rings is 1. The van der Waals surface area contributed by atoms with Crippen molar-refractivity contribution in [2.45, 2.75) is 6.54 Å². The highest BCUT2D eigenvalue weighted by atomic mass is 16.5. The van der Waals surface area contributed by atoms with Crippen molar-refractivity contribution >= 4 is 0 Å². The quantitative estimate of drug-likeness (QED) is 0.575. The van der Waals surface area contributed by atoms with Gasteiger partial charge in [0.15, 0.2) is 0 Å². The first-order chi connectivity index (χ1) is 4.97. The second-order valence-corrected chi connectivity index (χ2v) is 2.32. The summed E-state index contributed by atoms with van der Waals surface area (Å²) in [5, 5.41) is 3.12. The highest BCUT2D eigenvalue weighted by molar-refractivity contribution is 5.33. The average molecular weight is 135 g/mol. The van der Waals surface area contributed by atoms with E-state index in [0.29, 0.717) is 6.73 Å². The summed E-state index contributed by atoms with van der Waals surface area (Å²) in [5.74, 6) is 1.02. The molecule has 0 radical (unpaired) electrons. The van der Waals surface area contributed by atoms with Crippen LogP contribution in [0, 0.1) is 0 Å². The van der Waals surface area contributed by atoms with Gasteiger partial charge in [0.25, 0.3) is 0 Å². The Morgan fingerprint density at radius 1 is 1.30 bits per heavy atom. The van der Waals surface area contributed by atoms with Gasteiger partial charge in [0.1, 0.15) is 12.5 Å². The van der Waals surface area contributed by atoms with Crippen LogP contribution in [-0.2, 0) is 6.54 Å². The Kier molecular flexibility index (Phi) is 1.32. The van der Waals surface area contributed by atoms with Gasteiger partial charge in [-0.3, -0.25) is 5.32 Å². The lowest BCUT2D eigenvalue weighted by atomic mass is 10.2. The van der Waals surface area contributed by atoms with Crippen LogP contribution in [-0.4, -0.2) is 6.73 Å². The van der Waals surface area contributed by atoms with E-state index < -0.39 is 0 Å². The molecule has 0 spiro atoms. The highest BCUT2D eigenvalue weighted by Gasteiger charge is 2.05. The van der Waals surface area contributed by atoms with Crippen molar-refractivity contribution in [1.29, 1.82) is 0 Å². The van der Waals surface area contributed by atoms with E-state index in [2.05, 4.69) is 11.4 Å². The summed E-state index contributed by atoms with van der Waals surface area (Å²) in [4.78, 5) is 0. The third-order valence-electron chi connectivity index (χ3n) is 1.62. The van der Waals surface area contributed by atoms with Gasteiger partial charge < -0.3 is 4.74 Å². The molecule has 1 N–H and O–H groups in total. The van der Waals surface area contributed by atoms with Gasteiger partial charge in [0.2, 0.25) is 0 Å². The van der Waals surface area contributed by atoms with Crippen LogP contribution in [0.1, 0.15) is 5.56 Å². The van der Waals surface area contributed by atoms with Gasteiger partial charge in [0.05, 0.1) is 0 Å². The van der Waals surface area contributed by atoms with Crippen molar-refractivity contribution in [2.24, 2.45) is 0 Å². The van der Waals surface area contributed by atoms with Crippen LogP contribution in [0.2, 0.25) is 0 Å². The van der Waals surface area contributed by atoms with E-state index in [4.69, 9.17) is 4.74 Å². The Balaban J connectivity index is 2.41. The third kappa shape index (κ3) is 0.866. The van der Waals surface area contributed by atoms with Crippen molar-refractivity contribution in [3.8, 4) is 5.75 Å². The second kappa shape index (κ2) is 2.31. The SMILES string of the molecule is c1ccc2c(c1)CNCO2. The van der Waals surface area contributed by atoms with E-state index in [0.717, 1.165) is 12.3 Å². The lowest BCUT2D eigenvalue weighted by Gasteiger charge is -2.17. The standard InChI is InChI=1S/C8H9NO/c1-2-4-8-7(3-1)5-9-6-10-8/h1-4,9H,5-6H2. The third-order valence-corrected chi connectivity index (χ3v) is 1.62. The molecule has 0 aromatic heterocycles. The number of hydrogen-bond acceptors (Lipinski definition) is 2. The summed E-state index contributed by atoms with van der Waals surface area (Å²) in [6, 6.07) is 8.08. The predicted molar refractivity (Wildman–Crippen MR) is 38.8 cm³/mol. The lowest BCUT2D eigenvalue weighted by Crippen LogP contribution is -2.24. The first kappa shape index (κ1) is 5.74. The zero-order chi connectivity index (χ0) is 6.81. The van der Waals surface area contributed by atoms with Crippen molar-refractivity contribution in [2.75, 3.05) is 6.73 Å². The first-order valence-electron chi connectivity index (χ1n) is 3.38. The Morgan fingerprint density at radius 3 is 3.10 bits per heavy atom. The normalized spacial score (nSPS) is 15.6. The Labute approximate surface area is 59.8 Å². The van der Waals surface area contributed by atoms with Crippen molar-refractivity contribution in [3.63, 3.8) is 0 Å². The summed E-state index contributed by atoms with van der Waals surface area (Å²) in [6.45, 7) is 1.56. The molecule has 1 aromatic carbocycles. The van der Waals surface area contributed by atoms with Crippen LogP contribution in [0.3, 0.4) is 0 Å². The Bertz CT molecular complexity index is 209. The number of ether oxygens (including phenoxy) is 1. The van der Waals surface area contributed by atoms with Gasteiger partial charge in [-0.1, -0.05) is 18.2 Å². The van der Waals surface area contributed by atoms with Crippen LogP contribution in [0.25, 0.3) is 0 Å². The van der Waals surface area contributed by atoms with E-state index in [1.807, 2.05) is 18.2 Å². The van der Waals surface area contributed by atoms with Crippen LogP contribution >= 0.6 is 0 Å². The Hall–Kier alpha value is -1.02. The number of nitrogens with one attached hydrogen (secondary N) is 1. The van der Waals surface area contributed by atoms with Crippen LogP contribution < -0.4 is 10.1 Å². The second-order valence-electron chi connectivity index (χ2n) is 2.32. The molecule has 1 aliphatic heterocycles. The van der Waals surface area contributed by atoms with Gasteiger partial charge in [-0.25, -0.2) is 0 Å². The van der Waals surface area contributed by atoms with Gasteiger partial charge in [0, 0.05) is 12.1 Å². The molecular formula is C8H9NO. The maximum atomic E-state index is 5.31. The summed E-state index contributed by atoms with van der Waals surface area (Å²) in [5.41, 5.74) is 1.24. The summed E-state index contributed by atoms with van der Waals surface area (Å²) in [6.07, 6.45) is 0. The largest absolute Gasteiger partial charge is 0.478 e. The molecule has 0 fully saturated rings. The topological polar surface area (TPSA) is 21.3 Å².